The van der Waals surface area contributed by atoms with Crippen LogP contribution in [0.2, 0.25) is 0 Å². The lowest BCUT2D eigenvalue weighted by molar-refractivity contribution is -0.115. The van der Waals surface area contributed by atoms with Crippen LogP contribution in [0.3, 0.4) is 0 Å². The Morgan fingerprint density at radius 1 is 1.32 bits per heavy atom. The summed E-state index contributed by atoms with van der Waals surface area (Å²) in [5, 5.41) is 5.67. The van der Waals surface area contributed by atoms with E-state index < -0.39 is 0 Å². The summed E-state index contributed by atoms with van der Waals surface area (Å²) in [5.41, 5.74) is 1.85. The number of benzene rings is 1. The minimum Gasteiger partial charge on any atom is -0.492 e. The first-order valence-electron chi connectivity index (χ1n) is 7.59. The average Bonchev–Trinajstić information content (AvgIpc) is 2.94. The van der Waals surface area contributed by atoms with Crippen molar-refractivity contribution in [3.8, 4) is 5.75 Å². The standard InChI is InChI=1S/C16H25N3O2.ClH/c1-13-11-14(18-16(20)12-17-2)5-6-15(13)21-10-9-19-7-3-4-8-19;/h5-6,11,17H,3-4,7-10,12H2,1-2H3,(H,18,20);1H. The third kappa shape index (κ3) is 5.83. The molecule has 0 spiro atoms. The quantitative estimate of drug-likeness (QED) is 0.805. The van der Waals surface area contributed by atoms with Gasteiger partial charge in [-0.05, 0) is 63.7 Å². The Bertz CT molecular complexity index is 476. The third-order valence-electron chi connectivity index (χ3n) is 3.66. The number of rotatable bonds is 7. The van der Waals surface area contributed by atoms with Crippen LogP contribution >= 0.6 is 12.4 Å². The van der Waals surface area contributed by atoms with Crippen molar-refractivity contribution in [2.45, 2.75) is 19.8 Å². The molecule has 1 aromatic rings. The number of carbonyl (C=O) groups excluding carboxylic acids is 1. The van der Waals surface area contributed by atoms with Crippen molar-refractivity contribution < 1.29 is 9.53 Å². The molecule has 6 heteroatoms. The van der Waals surface area contributed by atoms with Crippen molar-refractivity contribution in [3.63, 3.8) is 0 Å². The van der Waals surface area contributed by atoms with Gasteiger partial charge in [-0.3, -0.25) is 9.69 Å². The topological polar surface area (TPSA) is 53.6 Å². The maximum absolute atomic E-state index is 11.5. The molecule has 0 bridgehead atoms. The predicted molar refractivity (Wildman–Crippen MR) is 92.2 cm³/mol. The fraction of sp³-hybridized carbons (Fsp3) is 0.562. The minimum atomic E-state index is -0.0420. The molecule has 0 aliphatic carbocycles. The monoisotopic (exact) mass is 327 g/mol. The van der Waals surface area contributed by atoms with Crippen molar-refractivity contribution in [1.29, 1.82) is 0 Å². The summed E-state index contributed by atoms with van der Waals surface area (Å²) < 4.78 is 5.84. The number of nitrogens with one attached hydrogen (secondary N) is 2. The number of amides is 1. The number of anilines is 1. The van der Waals surface area contributed by atoms with Gasteiger partial charge in [-0.2, -0.15) is 0 Å². The molecule has 5 nitrogen and oxygen atoms in total. The normalized spacial score (nSPS) is 14.5. The first kappa shape index (κ1) is 18.7. The van der Waals surface area contributed by atoms with E-state index in [4.69, 9.17) is 4.74 Å². The molecule has 1 heterocycles. The van der Waals surface area contributed by atoms with E-state index in [9.17, 15) is 4.79 Å². The molecular weight excluding hydrogens is 302 g/mol. The summed E-state index contributed by atoms with van der Waals surface area (Å²) in [4.78, 5) is 13.9. The molecule has 0 atom stereocenters. The van der Waals surface area contributed by atoms with Gasteiger partial charge in [0.1, 0.15) is 12.4 Å². The van der Waals surface area contributed by atoms with Gasteiger partial charge in [-0.15, -0.1) is 12.4 Å². The molecule has 0 radical (unpaired) electrons. The first-order valence-corrected chi connectivity index (χ1v) is 7.59. The summed E-state index contributed by atoms with van der Waals surface area (Å²) in [5.74, 6) is 0.848. The van der Waals surface area contributed by atoms with Crippen LogP contribution in [-0.2, 0) is 4.79 Å². The van der Waals surface area contributed by atoms with Crippen molar-refractivity contribution in [2.24, 2.45) is 0 Å². The molecule has 22 heavy (non-hydrogen) atoms. The summed E-state index contributed by atoms with van der Waals surface area (Å²) in [6, 6.07) is 5.75. The van der Waals surface area contributed by atoms with E-state index in [1.807, 2.05) is 25.1 Å². The zero-order chi connectivity index (χ0) is 15.1. The summed E-state index contributed by atoms with van der Waals surface area (Å²) >= 11 is 0. The summed E-state index contributed by atoms with van der Waals surface area (Å²) in [7, 11) is 1.75. The lowest BCUT2D eigenvalue weighted by atomic mass is 10.2. The molecule has 2 rings (SSSR count). The predicted octanol–water partition coefficient (Wildman–Crippen LogP) is 2.05. The average molecular weight is 328 g/mol. The van der Waals surface area contributed by atoms with Crippen molar-refractivity contribution >= 4 is 24.0 Å². The van der Waals surface area contributed by atoms with Crippen molar-refractivity contribution in [1.82, 2.24) is 10.2 Å². The fourth-order valence-electron chi connectivity index (χ4n) is 2.55. The van der Waals surface area contributed by atoms with Gasteiger partial charge in [-0.1, -0.05) is 0 Å². The van der Waals surface area contributed by atoms with E-state index in [1.54, 1.807) is 7.05 Å². The lowest BCUT2D eigenvalue weighted by Crippen LogP contribution is -2.25. The molecule has 1 aromatic carbocycles. The molecule has 1 amide bonds. The van der Waals surface area contributed by atoms with E-state index in [2.05, 4.69) is 15.5 Å². The Balaban J connectivity index is 0.00000242. The number of likely N-dealkylation sites (tertiary alicyclic amines) is 1. The maximum Gasteiger partial charge on any atom is 0.238 e. The van der Waals surface area contributed by atoms with Gasteiger partial charge >= 0.3 is 0 Å². The first-order chi connectivity index (χ1) is 10.2. The second-order valence-electron chi connectivity index (χ2n) is 5.46. The Morgan fingerprint density at radius 3 is 2.68 bits per heavy atom. The number of likely N-dealkylation sites (N-methyl/N-ethyl adjacent to an activating group) is 1. The number of carbonyl (C=O) groups is 1. The van der Waals surface area contributed by atoms with Gasteiger partial charge in [0.05, 0.1) is 6.54 Å². The van der Waals surface area contributed by atoms with Crippen LogP contribution in [0.5, 0.6) is 5.75 Å². The van der Waals surface area contributed by atoms with Crippen LogP contribution in [0.4, 0.5) is 5.69 Å². The second kappa shape index (κ2) is 9.66. The highest BCUT2D eigenvalue weighted by Gasteiger charge is 2.11. The summed E-state index contributed by atoms with van der Waals surface area (Å²) in [6.07, 6.45) is 2.61. The van der Waals surface area contributed by atoms with Crippen LogP contribution < -0.4 is 15.4 Å². The van der Waals surface area contributed by atoms with Gasteiger partial charge in [-0.25, -0.2) is 0 Å². The van der Waals surface area contributed by atoms with Crippen LogP contribution in [0, 0.1) is 6.92 Å². The Hall–Kier alpha value is -1.30. The second-order valence-corrected chi connectivity index (χ2v) is 5.46. The molecule has 1 aliphatic heterocycles. The molecule has 1 aliphatic rings. The van der Waals surface area contributed by atoms with Crippen LogP contribution in [0.25, 0.3) is 0 Å². The van der Waals surface area contributed by atoms with E-state index in [0.29, 0.717) is 13.2 Å². The fourth-order valence-corrected chi connectivity index (χ4v) is 2.55. The zero-order valence-corrected chi connectivity index (χ0v) is 14.2. The molecule has 2 N–H and O–H groups in total. The van der Waals surface area contributed by atoms with Gasteiger partial charge < -0.3 is 15.4 Å². The van der Waals surface area contributed by atoms with Crippen molar-refractivity contribution in [2.75, 3.05) is 45.2 Å². The molecular formula is C16H26ClN3O2. The Morgan fingerprint density at radius 2 is 2.05 bits per heavy atom. The lowest BCUT2D eigenvalue weighted by Gasteiger charge is -2.16. The largest absolute Gasteiger partial charge is 0.492 e. The highest BCUT2D eigenvalue weighted by atomic mass is 35.5. The Kier molecular flexibility index (Phi) is 8.24. The van der Waals surface area contributed by atoms with E-state index in [0.717, 1.165) is 23.5 Å². The molecule has 124 valence electrons. The highest BCUT2D eigenvalue weighted by Crippen LogP contribution is 2.22. The van der Waals surface area contributed by atoms with E-state index >= 15 is 0 Å². The Labute approximate surface area is 138 Å². The molecule has 0 saturated carbocycles. The minimum absolute atomic E-state index is 0. The SMILES string of the molecule is CNCC(=O)Nc1ccc(OCCN2CCCC2)c(C)c1.Cl. The van der Waals surface area contributed by atoms with Gasteiger partial charge in [0.25, 0.3) is 0 Å². The van der Waals surface area contributed by atoms with Crippen LogP contribution in [0.15, 0.2) is 18.2 Å². The van der Waals surface area contributed by atoms with E-state index in [1.165, 1.54) is 25.9 Å². The number of ether oxygens (including phenoxy) is 1. The van der Waals surface area contributed by atoms with Crippen molar-refractivity contribution in [3.05, 3.63) is 23.8 Å². The van der Waals surface area contributed by atoms with Gasteiger partial charge in [0.2, 0.25) is 5.91 Å². The number of nitrogens with zero attached hydrogens (tertiary/aromatic N) is 1. The third-order valence-corrected chi connectivity index (χ3v) is 3.66. The number of aryl methyl sites for hydroxylation is 1. The molecule has 0 unspecified atom stereocenters. The summed E-state index contributed by atoms with van der Waals surface area (Å²) in [6.45, 7) is 6.40. The molecule has 1 fully saturated rings. The van der Waals surface area contributed by atoms with Crippen LogP contribution in [-0.4, -0.2) is 50.6 Å². The van der Waals surface area contributed by atoms with Gasteiger partial charge in [0.15, 0.2) is 0 Å². The van der Waals surface area contributed by atoms with E-state index in [-0.39, 0.29) is 18.3 Å². The zero-order valence-electron chi connectivity index (χ0n) is 13.4. The maximum atomic E-state index is 11.5. The molecule has 0 aromatic heterocycles. The smallest absolute Gasteiger partial charge is 0.238 e. The number of hydrogen-bond acceptors (Lipinski definition) is 4. The highest BCUT2D eigenvalue weighted by molar-refractivity contribution is 5.92. The number of halogens is 1. The van der Waals surface area contributed by atoms with Crippen LogP contribution in [0.1, 0.15) is 18.4 Å². The van der Waals surface area contributed by atoms with Gasteiger partial charge in [0, 0.05) is 12.2 Å². The molecule has 1 saturated heterocycles. The number of hydrogen-bond donors (Lipinski definition) is 2.